The molecule has 0 unspecified atom stereocenters. The smallest absolute Gasteiger partial charge is 0.145 e. The van der Waals surface area contributed by atoms with Crippen molar-refractivity contribution in [1.29, 1.82) is 0 Å². The van der Waals surface area contributed by atoms with Gasteiger partial charge in [0.15, 0.2) is 0 Å². The van der Waals surface area contributed by atoms with Crippen molar-refractivity contribution in [3.63, 3.8) is 0 Å². The second-order valence-corrected chi connectivity index (χ2v) is 10.3. The summed E-state index contributed by atoms with van der Waals surface area (Å²) in [5.74, 6) is -0.0820. The Balaban J connectivity index is 1.68. The Labute approximate surface area is 171 Å². The molecule has 1 fully saturated rings. The van der Waals surface area contributed by atoms with Crippen LogP contribution < -0.4 is 10.6 Å². The Bertz CT molecular complexity index is 947. The van der Waals surface area contributed by atoms with Crippen molar-refractivity contribution in [2.45, 2.75) is 24.5 Å². The molecule has 3 aromatic rings. The summed E-state index contributed by atoms with van der Waals surface area (Å²) in [5.41, 5.74) is 0.711. The Hall–Kier alpha value is -2.39. The minimum atomic E-state index is -3.01. The van der Waals surface area contributed by atoms with E-state index in [0.717, 1.165) is 10.6 Å². The molecule has 5 heteroatoms. The highest BCUT2D eigenvalue weighted by Crippen LogP contribution is 2.47. The monoisotopic (exact) mass is 408 g/mol. The molecule has 0 bridgehead atoms. The van der Waals surface area contributed by atoms with Crippen LogP contribution in [0, 0.1) is 0 Å². The van der Waals surface area contributed by atoms with E-state index >= 15 is 0 Å². The van der Waals surface area contributed by atoms with Crippen molar-refractivity contribution in [3.8, 4) is 5.75 Å². The lowest BCUT2D eigenvalue weighted by atomic mass is 9.86. The molecule has 0 aliphatic carbocycles. The van der Waals surface area contributed by atoms with Crippen molar-refractivity contribution in [2.24, 2.45) is 0 Å². The SMILES string of the molecule is O=P(C[C@H]1OCC[C@@H](c2ccccc2O)[C@@H]1O)(c1ccccc1)c1ccccc1. The number of phenols is 1. The number of rotatable bonds is 5. The maximum absolute atomic E-state index is 14.3. The fraction of sp³-hybridized carbons (Fsp3) is 0.250. The van der Waals surface area contributed by atoms with Crippen LogP contribution in [0.15, 0.2) is 84.9 Å². The van der Waals surface area contributed by atoms with E-state index in [0.29, 0.717) is 18.6 Å². The number of aliphatic hydroxyl groups is 1. The first-order valence-electron chi connectivity index (χ1n) is 9.87. The van der Waals surface area contributed by atoms with Gasteiger partial charge in [-0.15, -0.1) is 0 Å². The highest BCUT2D eigenvalue weighted by Gasteiger charge is 2.40. The molecule has 0 saturated carbocycles. The summed E-state index contributed by atoms with van der Waals surface area (Å²) >= 11 is 0. The molecule has 0 spiro atoms. The second kappa shape index (κ2) is 8.54. The van der Waals surface area contributed by atoms with Gasteiger partial charge in [0.25, 0.3) is 0 Å². The number of aromatic hydroxyl groups is 1. The van der Waals surface area contributed by atoms with E-state index in [1.165, 1.54) is 0 Å². The number of hydrogen-bond acceptors (Lipinski definition) is 4. The molecule has 4 rings (SSSR count). The molecule has 1 heterocycles. The molecule has 0 aromatic heterocycles. The average Bonchev–Trinajstić information content (AvgIpc) is 2.77. The highest BCUT2D eigenvalue weighted by atomic mass is 31.2. The van der Waals surface area contributed by atoms with Crippen molar-refractivity contribution in [2.75, 3.05) is 12.8 Å². The molecule has 150 valence electrons. The molecule has 4 nitrogen and oxygen atoms in total. The number of para-hydroxylation sites is 1. The number of benzene rings is 3. The maximum atomic E-state index is 14.3. The standard InChI is InChI=1S/C24H25O4P/c25-22-14-8-7-13-20(22)21-15-16-28-23(24(21)26)17-29(27,18-9-3-1-4-10-18)19-11-5-2-6-12-19/h1-14,21,23-26H,15-17H2/t21-,23+,24-/m0/s1. The first kappa shape index (κ1) is 19.9. The van der Waals surface area contributed by atoms with Crippen LogP contribution in [0.2, 0.25) is 0 Å². The molecule has 3 atom stereocenters. The minimum Gasteiger partial charge on any atom is -0.508 e. The van der Waals surface area contributed by atoms with Gasteiger partial charge in [0, 0.05) is 29.3 Å². The van der Waals surface area contributed by atoms with E-state index in [-0.39, 0.29) is 17.8 Å². The summed E-state index contributed by atoms with van der Waals surface area (Å²) in [4.78, 5) is 0. The van der Waals surface area contributed by atoms with Gasteiger partial charge in [0.1, 0.15) is 12.9 Å². The van der Waals surface area contributed by atoms with Gasteiger partial charge in [-0.2, -0.15) is 0 Å². The van der Waals surface area contributed by atoms with Crippen molar-refractivity contribution in [3.05, 3.63) is 90.5 Å². The third-order valence-corrected chi connectivity index (χ3v) is 8.81. The highest BCUT2D eigenvalue weighted by molar-refractivity contribution is 7.78. The van der Waals surface area contributed by atoms with Crippen LogP contribution in [0.1, 0.15) is 17.9 Å². The average molecular weight is 408 g/mol. The summed E-state index contributed by atoms with van der Waals surface area (Å²) in [5, 5.41) is 22.9. The third-order valence-electron chi connectivity index (χ3n) is 5.67. The second-order valence-electron chi connectivity index (χ2n) is 7.45. The maximum Gasteiger partial charge on any atom is 0.145 e. The minimum absolute atomic E-state index is 0.173. The van der Waals surface area contributed by atoms with E-state index < -0.39 is 19.3 Å². The summed E-state index contributed by atoms with van der Waals surface area (Å²) in [6, 6.07) is 25.9. The lowest BCUT2D eigenvalue weighted by molar-refractivity contribution is -0.0747. The molecular formula is C24H25O4P. The fourth-order valence-corrected chi connectivity index (χ4v) is 6.98. The topological polar surface area (TPSA) is 66.8 Å². The molecule has 3 aromatic carbocycles. The lowest BCUT2D eigenvalue weighted by Gasteiger charge is -2.37. The van der Waals surface area contributed by atoms with Crippen LogP contribution in [0.5, 0.6) is 5.75 Å². The van der Waals surface area contributed by atoms with E-state index in [4.69, 9.17) is 4.74 Å². The fourth-order valence-electron chi connectivity index (χ4n) is 4.13. The Morgan fingerprint density at radius 2 is 1.41 bits per heavy atom. The predicted octanol–water partition coefficient (Wildman–Crippen LogP) is 3.64. The molecular weight excluding hydrogens is 383 g/mol. The van der Waals surface area contributed by atoms with Crippen molar-refractivity contribution >= 4 is 17.8 Å². The van der Waals surface area contributed by atoms with Gasteiger partial charge in [0.05, 0.1) is 12.2 Å². The molecule has 1 saturated heterocycles. The number of phenolic OH excluding ortho intramolecular Hbond substituents is 1. The Morgan fingerprint density at radius 1 is 0.862 bits per heavy atom. The third kappa shape index (κ3) is 4.02. The van der Waals surface area contributed by atoms with Crippen LogP contribution in [-0.2, 0) is 9.30 Å². The quantitative estimate of drug-likeness (QED) is 0.633. The van der Waals surface area contributed by atoms with Gasteiger partial charge < -0.3 is 19.5 Å². The van der Waals surface area contributed by atoms with E-state index in [1.807, 2.05) is 72.8 Å². The normalized spacial score (nSPS) is 22.3. The Morgan fingerprint density at radius 3 is 2.00 bits per heavy atom. The summed E-state index contributed by atoms with van der Waals surface area (Å²) < 4.78 is 20.2. The summed E-state index contributed by atoms with van der Waals surface area (Å²) in [6.07, 6.45) is -0.611. The van der Waals surface area contributed by atoms with Crippen LogP contribution >= 0.6 is 7.14 Å². The van der Waals surface area contributed by atoms with Crippen LogP contribution in [0.4, 0.5) is 0 Å². The first-order chi connectivity index (χ1) is 14.1. The van der Waals surface area contributed by atoms with Gasteiger partial charge >= 0.3 is 0 Å². The van der Waals surface area contributed by atoms with E-state index in [9.17, 15) is 14.8 Å². The Kier molecular flexibility index (Phi) is 5.86. The van der Waals surface area contributed by atoms with Gasteiger partial charge in [-0.05, 0) is 18.1 Å². The van der Waals surface area contributed by atoms with E-state index in [2.05, 4.69) is 0 Å². The van der Waals surface area contributed by atoms with Crippen LogP contribution in [0.25, 0.3) is 0 Å². The van der Waals surface area contributed by atoms with Gasteiger partial charge in [-0.25, -0.2) is 0 Å². The molecule has 2 N–H and O–H groups in total. The van der Waals surface area contributed by atoms with Crippen molar-refractivity contribution in [1.82, 2.24) is 0 Å². The number of ether oxygens (including phenoxy) is 1. The van der Waals surface area contributed by atoms with Gasteiger partial charge in [-0.3, -0.25) is 0 Å². The molecule has 1 aliphatic heterocycles. The molecule has 0 radical (unpaired) electrons. The zero-order valence-corrected chi connectivity index (χ0v) is 17.0. The molecule has 29 heavy (non-hydrogen) atoms. The zero-order chi connectivity index (χ0) is 20.3. The summed E-state index contributed by atoms with van der Waals surface area (Å²) in [6.45, 7) is 0.449. The molecule has 0 amide bonds. The lowest BCUT2D eigenvalue weighted by Crippen LogP contribution is -2.43. The summed E-state index contributed by atoms with van der Waals surface area (Å²) in [7, 11) is -3.01. The predicted molar refractivity (Wildman–Crippen MR) is 116 cm³/mol. The molecule has 1 aliphatic rings. The van der Waals surface area contributed by atoms with Crippen molar-refractivity contribution < 1.29 is 19.5 Å². The zero-order valence-electron chi connectivity index (χ0n) is 16.1. The number of aliphatic hydroxyl groups excluding tert-OH is 1. The number of hydrogen-bond donors (Lipinski definition) is 2. The van der Waals surface area contributed by atoms with Crippen LogP contribution in [-0.4, -0.2) is 35.2 Å². The van der Waals surface area contributed by atoms with Gasteiger partial charge in [0.2, 0.25) is 0 Å². The van der Waals surface area contributed by atoms with Gasteiger partial charge in [-0.1, -0.05) is 78.9 Å². The van der Waals surface area contributed by atoms with E-state index in [1.54, 1.807) is 12.1 Å². The van der Waals surface area contributed by atoms with Crippen LogP contribution in [0.3, 0.4) is 0 Å². The largest absolute Gasteiger partial charge is 0.508 e. The first-order valence-corrected chi connectivity index (χ1v) is 11.8.